The molecule has 0 atom stereocenters. The molecular weight excluding hydrogens is 240 g/mol. The van der Waals surface area contributed by atoms with Crippen LogP contribution in [0, 0.1) is 5.92 Å². The molecule has 4 nitrogen and oxygen atoms in total. The molecule has 1 amide bonds. The van der Waals surface area contributed by atoms with Crippen molar-refractivity contribution in [2.75, 3.05) is 20.2 Å². The Morgan fingerprint density at radius 1 is 1.42 bits per heavy atom. The molecule has 0 aromatic heterocycles. The van der Waals surface area contributed by atoms with E-state index in [2.05, 4.69) is 13.8 Å². The second-order valence-corrected chi connectivity index (χ2v) is 5.63. The van der Waals surface area contributed by atoms with Gasteiger partial charge < -0.3 is 15.4 Å². The molecule has 1 heterocycles. The van der Waals surface area contributed by atoms with Gasteiger partial charge in [0.15, 0.2) is 0 Å². The molecule has 1 aliphatic rings. The van der Waals surface area contributed by atoms with E-state index in [4.69, 9.17) is 10.5 Å². The highest BCUT2D eigenvalue weighted by molar-refractivity contribution is 5.80. The topological polar surface area (TPSA) is 55.6 Å². The zero-order valence-corrected chi connectivity index (χ0v) is 11.8. The third-order valence-electron chi connectivity index (χ3n) is 4.01. The highest BCUT2D eigenvalue weighted by Gasteiger charge is 2.43. The minimum absolute atomic E-state index is 0.117. The first-order valence-electron chi connectivity index (χ1n) is 6.65. The predicted octanol–water partition coefficient (Wildman–Crippen LogP) is 1.43. The number of benzene rings is 1. The van der Waals surface area contributed by atoms with Gasteiger partial charge in [0, 0.05) is 18.7 Å². The molecule has 1 saturated heterocycles. The number of likely N-dealkylation sites (tertiary alicyclic amines) is 1. The van der Waals surface area contributed by atoms with Gasteiger partial charge in [-0.1, -0.05) is 32.0 Å². The van der Waals surface area contributed by atoms with Crippen LogP contribution in [0.5, 0.6) is 5.75 Å². The number of nitrogens with zero attached hydrogens (tertiary/aromatic N) is 1. The molecule has 0 radical (unpaired) electrons. The average molecular weight is 262 g/mol. The van der Waals surface area contributed by atoms with E-state index >= 15 is 0 Å². The van der Waals surface area contributed by atoms with Crippen LogP contribution in [0.1, 0.15) is 19.4 Å². The number of methoxy groups -OCH3 is 1. The van der Waals surface area contributed by atoms with E-state index < -0.39 is 0 Å². The predicted molar refractivity (Wildman–Crippen MR) is 75.0 cm³/mol. The SMILES string of the molecule is COc1ccccc1CC(=O)N1CC(N)(C(C)C)C1. The molecule has 2 N–H and O–H groups in total. The van der Waals surface area contributed by atoms with Crippen LogP contribution in [0.3, 0.4) is 0 Å². The first-order valence-corrected chi connectivity index (χ1v) is 6.65. The minimum atomic E-state index is -0.212. The molecule has 0 aliphatic carbocycles. The van der Waals surface area contributed by atoms with Gasteiger partial charge in [0.25, 0.3) is 0 Å². The Kier molecular flexibility index (Phi) is 3.80. The lowest BCUT2D eigenvalue weighted by Gasteiger charge is -2.50. The third kappa shape index (κ3) is 2.73. The van der Waals surface area contributed by atoms with E-state index in [1.165, 1.54) is 0 Å². The van der Waals surface area contributed by atoms with Gasteiger partial charge in [-0.05, 0) is 12.0 Å². The molecule has 104 valence electrons. The van der Waals surface area contributed by atoms with Crippen molar-refractivity contribution in [3.8, 4) is 5.75 Å². The summed E-state index contributed by atoms with van der Waals surface area (Å²) >= 11 is 0. The first-order chi connectivity index (χ1) is 8.96. The van der Waals surface area contributed by atoms with Gasteiger partial charge in [0.2, 0.25) is 5.91 Å². The monoisotopic (exact) mass is 262 g/mol. The van der Waals surface area contributed by atoms with Crippen molar-refractivity contribution < 1.29 is 9.53 Å². The van der Waals surface area contributed by atoms with Crippen LogP contribution in [0.2, 0.25) is 0 Å². The van der Waals surface area contributed by atoms with Crippen molar-refractivity contribution in [3.05, 3.63) is 29.8 Å². The van der Waals surface area contributed by atoms with Crippen molar-refractivity contribution in [2.24, 2.45) is 11.7 Å². The smallest absolute Gasteiger partial charge is 0.227 e. The highest BCUT2D eigenvalue weighted by atomic mass is 16.5. The summed E-state index contributed by atoms with van der Waals surface area (Å²) < 4.78 is 5.26. The normalized spacial score (nSPS) is 17.2. The van der Waals surface area contributed by atoms with Gasteiger partial charge in [-0.3, -0.25) is 4.79 Å². The Hall–Kier alpha value is -1.55. The third-order valence-corrected chi connectivity index (χ3v) is 4.01. The maximum Gasteiger partial charge on any atom is 0.227 e. The molecule has 2 rings (SSSR count). The number of ether oxygens (including phenoxy) is 1. The van der Waals surface area contributed by atoms with Crippen molar-refractivity contribution in [2.45, 2.75) is 25.8 Å². The number of carbonyl (C=O) groups is 1. The number of carbonyl (C=O) groups excluding carboxylic acids is 1. The van der Waals surface area contributed by atoms with E-state index in [1.54, 1.807) is 7.11 Å². The zero-order valence-electron chi connectivity index (χ0n) is 11.8. The molecule has 0 bridgehead atoms. The molecule has 1 aromatic rings. The Morgan fingerprint density at radius 3 is 2.63 bits per heavy atom. The molecule has 0 saturated carbocycles. The molecule has 0 spiro atoms. The van der Waals surface area contributed by atoms with Crippen LogP contribution in [-0.4, -0.2) is 36.5 Å². The molecule has 1 fully saturated rings. The van der Waals surface area contributed by atoms with Crippen molar-refractivity contribution in [1.29, 1.82) is 0 Å². The maximum absolute atomic E-state index is 12.2. The van der Waals surface area contributed by atoms with Crippen LogP contribution < -0.4 is 10.5 Å². The van der Waals surface area contributed by atoms with Gasteiger partial charge in [0.1, 0.15) is 5.75 Å². The van der Waals surface area contributed by atoms with E-state index in [0.717, 1.165) is 11.3 Å². The van der Waals surface area contributed by atoms with Gasteiger partial charge in [0.05, 0.1) is 19.1 Å². The summed E-state index contributed by atoms with van der Waals surface area (Å²) in [5, 5.41) is 0. The van der Waals surface area contributed by atoms with Gasteiger partial charge >= 0.3 is 0 Å². The van der Waals surface area contributed by atoms with Gasteiger partial charge in [-0.15, -0.1) is 0 Å². The number of amides is 1. The second kappa shape index (κ2) is 5.21. The molecule has 1 aliphatic heterocycles. The minimum Gasteiger partial charge on any atom is -0.496 e. The maximum atomic E-state index is 12.2. The van der Waals surface area contributed by atoms with Crippen LogP contribution in [-0.2, 0) is 11.2 Å². The van der Waals surface area contributed by atoms with Crippen LogP contribution in [0.4, 0.5) is 0 Å². The molecule has 19 heavy (non-hydrogen) atoms. The summed E-state index contributed by atoms with van der Waals surface area (Å²) in [5.41, 5.74) is 6.92. The first kappa shape index (κ1) is 13.9. The Balaban J connectivity index is 1.96. The van der Waals surface area contributed by atoms with E-state index in [1.807, 2.05) is 29.2 Å². The summed E-state index contributed by atoms with van der Waals surface area (Å²) in [7, 11) is 1.62. The molecule has 0 unspecified atom stereocenters. The highest BCUT2D eigenvalue weighted by Crippen LogP contribution is 2.27. The van der Waals surface area contributed by atoms with E-state index in [0.29, 0.717) is 25.4 Å². The van der Waals surface area contributed by atoms with Crippen molar-refractivity contribution in [1.82, 2.24) is 4.90 Å². The summed E-state index contributed by atoms with van der Waals surface area (Å²) in [5.74, 6) is 1.27. The van der Waals surface area contributed by atoms with Gasteiger partial charge in [-0.25, -0.2) is 0 Å². The van der Waals surface area contributed by atoms with Crippen molar-refractivity contribution >= 4 is 5.91 Å². The lowest BCUT2D eigenvalue weighted by molar-refractivity contribution is -0.139. The van der Waals surface area contributed by atoms with Gasteiger partial charge in [-0.2, -0.15) is 0 Å². The molecule has 1 aromatic carbocycles. The van der Waals surface area contributed by atoms with Crippen LogP contribution in [0.25, 0.3) is 0 Å². The summed E-state index contributed by atoms with van der Waals surface area (Å²) in [4.78, 5) is 14.0. The van der Waals surface area contributed by atoms with E-state index in [9.17, 15) is 4.79 Å². The Labute approximate surface area is 114 Å². The fourth-order valence-electron chi connectivity index (χ4n) is 2.33. The van der Waals surface area contributed by atoms with Crippen LogP contribution >= 0.6 is 0 Å². The van der Waals surface area contributed by atoms with Crippen molar-refractivity contribution in [3.63, 3.8) is 0 Å². The number of hydrogen-bond acceptors (Lipinski definition) is 3. The fourth-order valence-corrected chi connectivity index (χ4v) is 2.33. The lowest BCUT2D eigenvalue weighted by Crippen LogP contribution is -2.71. The number of para-hydroxylation sites is 1. The molecular formula is C15H22N2O2. The number of nitrogens with two attached hydrogens (primary N) is 1. The lowest BCUT2D eigenvalue weighted by atomic mass is 9.80. The summed E-state index contributed by atoms with van der Waals surface area (Å²) in [6.07, 6.45) is 0.373. The molecule has 4 heteroatoms. The largest absolute Gasteiger partial charge is 0.496 e. The second-order valence-electron chi connectivity index (χ2n) is 5.63. The van der Waals surface area contributed by atoms with Crippen LogP contribution in [0.15, 0.2) is 24.3 Å². The number of rotatable bonds is 4. The summed E-state index contributed by atoms with van der Waals surface area (Å²) in [6.45, 7) is 5.50. The quantitative estimate of drug-likeness (QED) is 0.893. The number of hydrogen-bond donors (Lipinski definition) is 1. The van der Waals surface area contributed by atoms with E-state index in [-0.39, 0.29) is 11.4 Å². The summed E-state index contributed by atoms with van der Waals surface area (Å²) in [6, 6.07) is 7.62. The Morgan fingerprint density at radius 2 is 2.05 bits per heavy atom. The Bertz CT molecular complexity index is 465. The average Bonchev–Trinajstić information content (AvgIpc) is 2.35. The fraction of sp³-hybridized carbons (Fsp3) is 0.533. The standard InChI is InChI=1S/C15H22N2O2/c1-11(2)15(16)9-17(10-15)14(18)8-12-6-4-5-7-13(12)19-3/h4-7,11H,8-10,16H2,1-3H3. The zero-order chi connectivity index (χ0) is 14.0.